The molecule has 43 heavy (non-hydrogen) atoms. The molecule has 5 aromatic carbocycles. The zero-order valence-electron chi connectivity index (χ0n) is 24.9. The van der Waals surface area contributed by atoms with Crippen LogP contribution in [0, 0.1) is 6.92 Å². The summed E-state index contributed by atoms with van der Waals surface area (Å²) in [5.41, 5.74) is 14.3. The Kier molecular flexibility index (Phi) is 4.61. The number of hydrogen-bond acceptors (Lipinski definition) is 3. The van der Waals surface area contributed by atoms with Crippen LogP contribution in [0.3, 0.4) is 0 Å². The molecule has 2 atom stereocenters. The Hall–Kier alpha value is -4.02. The van der Waals surface area contributed by atoms with Gasteiger partial charge in [0.1, 0.15) is 0 Å². The van der Waals surface area contributed by atoms with E-state index >= 15 is 0 Å². The standard InChI is InChI=1S/C39H33BN2S/c1-24-22-30-35-31(23-24)42-36-27(38(2)20-9-10-21-39(38,42)3)15-11-16-28(36)40(35)29-18-19-33-34(26-14-7-8-17-32(26)43-33)37(29)41(30)25-12-5-4-6-13-25/h4-8,11-19,22-23H,9-10,20-21H2,1-3H3. The zero-order valence-corrected chi connectivity index (χ0v) is 25.8. The van der Waals surface area contributed by atoms with E-state index in [2.05, 4.69) is 128 Å². The fourth-order valence-corrected chi connectivity index (χ4v) is 10.7. The lowest BCUT2D eigenvalue weighted by molar-refractivity contribution is 0.195. The molecule has 0 spiro atoms. The normalized spacial score (nSPS) is 22.9. The van der Waals surface area contributed by atoms with Crippen molar-refractivity contribution in [2.45, 2.75) is 57.4 Å². The topological polar surface area (TPSA) is 6.48 Å². The lowest BCUT2D eigenvalue weighted by Gasteiger charge is -2.52. The van der Waals surface area contributed by atoms with Crippen LogP contribution in [0.2, 0.25) is 0 Å². The molecule has 0 radical (unpaired) electrons. The van der Waals surface area contributed by atoms with Crippen molar-refractivity contribution in [1.82, 2.24) is 0 Å². The third-order valence-corrected chi connectivity index (χ3v) is 12.8. The molecule has 2 unspecified atom stereocenters. The highest BCUT2D eigenvalue weighted by Gasteiger charge is 2.61. The third kappa shape index (κ3) is 2.82. The van der Waals surface area contributed by atoms with Crippen LogP contribution in [0.5, 0.6) is 0 Å². The summed E-state index contributed by atoms with van der Waals surface area (Å²) < 4.78 is 2.72. The first-order chi connectivity index (χ1) is 21.0. The Morgan fingerprint density at radius 3 is 2.37 bits per heavy atom. The van der Waals surface area contributed by atoms with E-state index in [4.69, 9.17) is 0 Å². The Morgan fingerprint density at radius 2 is 1.49 bits per heavy atom. The van der Waals surface area contributed by atoms with Crippen molar-refractivity contribution in [3.8, 4) is 0 Å². The Balaban J connectivity index is 1.39. The first kappa shape index (κ1) is 24.4. The lowest BCUT2D eigenvalue weighted by Crippen LogP contribution is -2.64. The molecule has 1 saturated carbocycles. The summed E-state index contributed by atoms with van der Waals surface area (Å²) in [6, 6.07) is 37.2. The highest BCUT2D eigenvalue weighted by atomic mass is 32.1. The number of fused-ring (bicyclic) bond motifs is 11. The van der Waals surface area contributed by atoms with Crippen LogP contribution in [0.4, 0.5) is 28.4 Å². The van der Waals surface area contributed by atoms with E-state index in [1.165, 1.54) is 96.2 Å². The lowest BCUT2D eigenvalue weighted by atomic mass is 9.33. The summed E-state index contributed by atoms with van der Waals surface area (Å²) in [4.78, 5) is 5.43. The summed E-state index contributed by atoms with van der Waals surface area (Å²) in [6.07, 6.45) is 5.09. The molecule has 4 heterocycles. The fraction of sp³-hybridized carbons (Fsp3) is 0.231. The molecule has 3 aliphatic heterocycles. The third-order valence-electron chi connectivity index (χ3n) is 11.6. The molecule has 1 aliphatic carbocycles. The minimum absolute atomic E-state index is 0.0571. The summed E-state index contributed by atoms with van der Waals surface area (Å²) in [7, 11) is 0. The van der Waals surface area contributed by atoms with Gasteiger partial charge in [-0.2, -0.15) is 0 Å². The Morgan fingerprint density at radius 1 is 0.721 bits per heavy atom. The van der Waals surface area contributed by atoms with E-state index in [-0.39, 0.29) is 17.7 Å². The maximum Gasteiger partial charge on any atom is 0.252 e. The van der Waals surface area contributed by atoms with E-state index < -0.39 is 0 Å². The van der Waals surface area contributed by atoms with Crippen molar-refractivity contribution in [1.29, 1.82) is 0 Å². The van der Waals surface area contributed by atoms with E-state index in [1.807, 2.05) is 11.3 Å². The number of thiophene rings is 1. The molecule has 10 rings (SSSR count). The predicted molar refractivity (Wildman–Crippen MR) is 186 cm³/mol. The van der Waals surface area contributed by atoms with E-state index in [0.29, 0.717) is 0 Å². The van der Waals surface area contributed by atoms with E-state index in [9.17, 15) is 0 Å². The molecule has 1 aromatic heterocycles. The average molecular weight is 573 g/mol. The molecule has 0 bridgehead atoms. The van der Waals surface area contributed by atoms with Gasteiger partial charge in [-0.3, -0.25) is 0 Å². The molecule has 4 aliphatic rings. The van der Waals surface area contributed by atoms with Crippen LogP contribution in [-0.2, 0) is 5.41 Å². The van der Waals surface area contributed by atoms with Crippen LogP contribution in [0.25, 0.3) is 20.2 Å². The maximum absolute atomic E-state index is 2.83. The number of para-hydroxylation sites is 2. The number of anilines is 5. The van der Waals surface area contributed by atoms with Gasteiger partial charge in [-0.15, -0.1) is 11.3 Å². The zero-order chi connectivity index (χ0) is 28.7. The van der Waals surface area contributed by atoms with Gasteiger partial charge in [-0.1, -0.05) is 80.4 Å². The first-order valence-electron chi connectivity index (χ1n) is 15.9. The second kappa shape index (κ2) is 8.12. The van der Waals surface area contributed by atoms with Crippen LogP contribution >= 0.6 is 11.3 Å². The average Bonchev–Trinajstić information content (AvgIpc) is 3.50. The van der Waals surface area contributed by atoms with Crippen molar-refractivity contribution < 1.29 is 0 Å². The molecule has 1 fully saturated rings. The highest BCUT2D eigenvalue weighted by Crippen LogP contribution is 2.61. The summed E-state index contributed by atoms with van der Waals surface area (Å²) in [5.74, 6) is 0. The molecule has 208 valence electrons. The van der Waals surface area contributed by atoms with Gasteiger partial charge in [0.15, 0.2) is 0 Å². The monoisotopic (exact) mass is 572 g/mol. The van der Waals surface area contributed by atoms with Crippen molar-refractivity contribution in [3.05, 3.63) is 108 Å². The molecule has 4 heteroatoms. The minimum Gasteiger partial charge on any atom is -0.335 e. The molecular formula is C39H33BN2S. The maximum atomic E-state index is 2.83. The number of aryl methyl sites for hydroxylation is 1. The largest absolute Gasteiger partial charge is 0.335 e. The number of rotatable bonds is 1. The number of benzene rings is 5. The van der Waals surface area contributed by atoms with Gasteiger partial charge in [0.05, 0.1) is 11.2 Å². The highest BCUT2D eigenvalue weighted by molar-refractivity contribution is 7.26. The van der Waals surface area contributed by atoms with Gasteiger partial charge in [0.25, 0.3) is 6.71 Å². The van der Waals surface area contributed by atoms with Crippen LogP contribution < -0.4 is 26.2 Å². The summed E-state index contributed by atoms with van der Waals surface area (Å²) in [6.45, 7) is 7.63. The molecule has 0 saturated heterocycles. The summed E-state index contributed by atoms with van der Waals surface area (Å²) in [5, 5.41) is 2.75. The van der Waals surface area contributed by atoms with Crippen molar-refractivity contribution in [3.63, 3.8) is 0 Å². The second-order valence-electron chi connectivity index (χ2n) is 13.7. The number of nitrogens with zero attached hydrogens (tertiary/aromatic N) is 2. The van der Waals surface area contributed by atoms with E-state index in [1.54, 1.807) is 5.56 Å². The van der Waals surface area contributed by atoms with Gasteiger partial charge in [0, 0.05) is 48.3 Å². The van der Waals surface area contributed by atoms with Gasteiger partial charge in [-0.05, 0) is 90.6 Å². The van der Waals surface area contributed by atoms with Gasteiger partial charge in [-0.25, -0.2) is 0 Å². The molecule has 6 aromatic rings. The smallest absolute Gasteiger partial charge is 0.252 e. The Labute approximate surface area is 257 Å². The second-order valence-corrected chi connectivity index (χ2v) is 14.8. The van der Waals surface area contributed by atoms with Crippen molar-refractivity contribution in [2.24, 2.45) is 0 Å². The minimum atomic E-state index is 0.0571. The van der Waals surface area contributed by atoms with Crippen LogP contribution in [-0.4, -0.2) is 12.3 Å². The van der Waals surface area contributed by atoms with Gasteiger partial charge >= 0.3 is 0 Å². The first-order valence-corrected chi connectivity index (χ1v) is 16.7. The quantitative estimate of drug-likeness (QED) is 0.182. The van der Waals surface area contributed by atoms with Gasteiger partial charge < -0.3 is 9.80 Å². The summed E-state index contributed by atoms with van der Waals surface area (Å²) >= 11 is 1.92. The van der Waals surface area contributed by atoms with Crippen LogP contribution in [0.1, 0.15) is 50.7 Å². The van der Waals surface area contributed by atoms with Crippen LogP contribution in [0.15, 0.2) is 97.1 Å². The molecular weight excluding hydrogens is 539 g/mol. The predicted octanol–water partition coefficient (Wildman–Crippen LogP) is 8.72. The Bertz CT molecular complexity index is 2170. The number of hydrogen-bond donors (Lipinski definition) is 0. The molecule has 0 amide bonds. The molecule has 2 nitrogen and oxygen atoms in total. The van der Waals surface area contributed by atoms with Crippen molar-refractivity contribution >= 4 is 83.0 Å². The fourth-order valence-electron chi connectivity index (χ4n) is 9.56. The SMILES string of the molecule is Cc1cc2c3c(c1)N1c4c(cccc4C4(C)CCCCC14C)B3c1ccc3sc4ccccc4c3c1N2c1ccccc1. The molecule has 0 N–H and O–H groups in total. The van der Waals surface area contributed by atoms with Gasteiger partial charge in [0.2, 0.25) is 0 Å². The van der Waals surface area contributed by atoms with Crippen molar-refractivity contribution in [2.75, 3.05) is 9.80 Å². The van der Waals surface area contributed by atoms with E-state index in [0.717, 1.165) is 0 Å².